The monoisotopic (exact) mass is 549 g/mol. The number of esters is 1. The van der Waals surface area contributed by atoms with Crippen LogP contribution in [0.25, 0.3) is 0 Å². The summed E-state index contributed by atoms with van der Waals surface area (Å²) in [4.78, 5) is 34.9. The first-order valence-corrected chi connectivity index (χ1v) is 13.8. The first-order chi connectivity index (χ1) is 18.1. The van der Waals surface area contributed by atoms with E-state index >= 15 is 0 Å². The molecule has 208 valence electrons. The number of nitrogens with one attached hydrogen (secondary N) is 1. The third-order valence-corrected chi connectivity index (χ3v) is 7.71. The number of hydrogen-bond donors (Lipinski definition) is 1. The van der Waals surface area contributed by atoms with Crippen LogP contribution in [0.15, 0.2) is 59.5 Å². The average Bonchev–Trinajstić information content (AvgIpc) is 2.90. The average molecular weight is 550 g/mol. The number of unbranched alkanes of at least 4 members (excludes halogenated alkanes) is 1. The van der Waals surface area contributed by atoms with Crippen molar-refractivity contribution >= 4 is 27.8 Å². The molecule has 2 aromatic rings. The van der Waals surface area contributed by atoms with Gasteiger partial charge in [-0.05, 0) is 49.3 Å². The van der Waals surface area contributed by atoms with Crippen molar-refractivity contribution in [2.75, 3.05) is 20.2 Å². The standard InChI is InChI=1S/C26H35N3O8S/c1-20(2)16-18-28(38(34,35)23-14-12-22(13-15-23)29(32)33)24(25(30)36-3)11-7-8-17-27-26(31)37-19-21-9-5-4-6-10-21/h4-6,9-10,12-15,20,24H,7-8,11,16-19H2,1-3H3,(H,27,31). The lowest BCUT2D eigenvalue weighted by Gasteiger charge is -2.29. The Morgan fingerprint density at radius 1 is 1.03 bits per heavy atom. The van der Waals surface area contributed by atoms with E-state index in [0.717, 1.165) is 34.1 Å². The van der Waals surface area contributed by atoms with Gasteiger partial charge >= 0.3 is 12.1 Å². The van der Waals surface area contributed by atoms with Crippen LogP contribution in [0.2, 0.25) is 0 Å². The molecular formula is C26H35N3O8S. The van der Waals surface area contributed by atoms with Crippen LogP contribution in [0, 0.1) is 16.0 Å². The number of nitrogens with zero attached hydrogens (tertiary/aromatic N) is 2. The molecule has 0 saturated heterocycles. The van der Waals surface area contributed by atoms with E-state index in [0.29, 0.717) is 19.3 Å². The third-order valence-electron chi connectivity index (χ3n) is 5.79. The van der Waals surface area contributed by atoms with Crippen LogP contribution in [0.5, 0.6) is 0 Å². The zero-order valence-electron chi connectivity index (χ0n) is 21.9. The summed E-state index contributed by atoms with van der Waals surface area (Å²) < 4.78 is 38.3. The lowest BCUT2D eigenvalue weighted by atomic mass is 10.1. The molecule has 2 rings (SSSR count). The van der Waals surface area contributed by atoms with Crippen LogP contribution in [0.4, 0.5) is 10.5 Å². The zero-order valence-corrected chi connectivity index (χ0v) is 22.7. The van der Waals surface area contributed by atoms with Crippen molar-refractivity contribution in [1.82, 2.24) is 9.62 Å². The predicted octanol–water partition coefficient (Wildman–Crippen LogP) is 4.27. The van der Waals surface area contributed by atoms with Gasteiger partial charge in [0, 0.05) is 25.2 Å². The molecule has 0 fully saturated rings. The summed E-state index contributed by atoms with van der Waals surface area (Å²) in [7, 11) is -2.97. The van der Waals surface area contributed by atoms with Gasteiger partial charge in [-0.2, -0.15) is 4.31 Å². The van der Waals surface area contributed by atoms with Gasteiger partial charge in [0.2, 0.25) is 10.0 Å². The number of benzene rings is 2. The molecule has 0 aliphatic heterocycles. The summed E-state index contributed by atoms with van der Waals surface area (Å²) in [6.07, 6.45) is 0.986. The number of carbonyl (C=O) groups is 2. The van der Waals surface area contributed by atoms with Gasteiger partial charge in [-0.25, -0.2) is 13.2 Å². The van der Waals surface area contributed by atoms with E-state index in [1.807, 2.05) is 44.2 Å². The highest BCUT2D eigenvalue weighted by atomic mass is 32.2. The molecule has 0 spiro atoms. The van der Waals surface area contributed by atoms with E-state index in [-0.39, 0.29) is 42.6 Å². The molecule has 1 N–H and O–H groups in total. The van der Waals surface area contributed by atoms with E-state index in [1.54, 1.807) is 0 Å². The Labute approximate surface area is 223 Å². The lowest BCUT2D eigenvalue weighted by molar-refractivity contribution is -0.384. The predicted molar refractivity (Wildman–Crippen MR) is 141 cm³/mol. The lowest BCUT2D eigenvalue weighted by Crippen LogP contribution is -2.46. The maximum Gasteiger partial charge on any atom is 0.407 e. The fraction of sp³-hybridized carbons (Fsp3) is 0.462. The van der Waals surface area contributed by atoms with Gasteiger partial charge in [0.05, 0.1) is 16.9 Å². The van der Waals surface area contributed by atoms with Crippen molar-refractivity contribution < 1.29 is 32.4 Å². The maximum atomic E-state index is 13.5. The van der Waals surface area contributed by atoms with Crippen LogP contribution in [0.1, 0.15) is 45.1 Å². The van der Waals surface area contributed by atoms with E-state index < -0.39 is 33.1 Å². The number of nitro groups is 1. The van der Waals surface area contributed by atoms with Crippen molar-refractivity contribution in [2.45, 2.75) is 57.1 Å². The number of ether oxygens (including phenoxy) is 2. The highest BCUT2D eigenvalue weighted by molar-refractivity contribution is 7.89. The minimum absolute atomic E-state index is 0.0703. The number of methoxy groups -OCH3 is 1. The molecule has 1 atom stereocenters. The topological polar surface area (TPSA) is 145 Å². The largest absolute Gasteiger partial charge is 0.468 e. The molecule has 1 unspecified atom stereocenters. The van der Waals surface area contributed by atoms with Crippen molar-refractivity contribution in [3.63, 3.8) is 0 Å². The minimum Gasteiger partial charge on any atom is -0.468 e. The van der Waals surface area contributed by atoms with E-state index in [2.05, 4.69) is 5.32 Å². The second-order valence-corrected chi connectivity index (χ2v) is 11.0. The molecule has 11 nitrogen and oxygen atoms in total. The highest BCUT2D eigenvalue weighted by Gasteiger charge is 2.36. The van der Waals surface area contributed by atoms with Crippen LogP contribution in [0.3, 0.4) is 0 Å². The number of rotatable bonds is 15. The number of sulfonamides is 1. The van der Waals surface area contributed by atoms with Gasteiger partial charge in [0.15, 0.2) is 0 Å². The maximum absolute atomic E-state index is 13.5. The molecular weight excluding hydrogens is 514 g/mol. The van der Waals surface area contributed by atoms with Crippen molar-refractivity contribution in [3.05, 3.63) is 70.3 Å². The highest BCUT2D eigenvalue weighted by Crippen LogP contribution is 2.25. The fourth-order valence-corrected chi connectivity index (χ4v) is 5.27. The number of amides is 1. The molecule has 0 heterocycles. The zero-order chi connectivity index (χ0) is 28.1. The minimum atomic E-state index is -4.16. The van der Waals surface area contributed by atoms with Gasteiger partial charge in [0.25, 0.3) is 5.69 Å². The van der Waals surface area contributed by atoms with Gasteiger partial charge in [0.1, 0.15) is 12.6 Å². The normalized spacial score (nSPS) is 12.2. The molecule has 12 heteroatoms. The number of alkyl carbamates (subject to hydrolysis) is 1. The summed E-state index contributed by atoms with van der Waals surface area (Å²) in [6, 6.07) is 12.7. The Balaban J connectivity index is 2.05. The number of carbonyl (C=O) groups excluding carboxylic acids is 2. The molecule has 38 heavy (non-hydrogen) atoms. The fourth-order valence-electron chi connectivity index (χ4n) is 3.65. The number of hydrogen-bond acceptors (Lipinski definition) is 8. The number of non-ortho nitro benzene ring substituents is 1. The molecule has 1 amide bonds. The molecule has 2 aromatic carbocycles. The third kappa shape index (κ3) is 9.42. The summed E-state index contributed by atoms with van der Waals surface area (Å²) >= 11 is 0. The summed E-state index contributed by atoms with van der Waals surface area (Å²) in [6.45, 7) is 4.37. The molecule has 0 saturated carbocycles. The second kappa shape index (κ2) is 15.0. The van der Waals surface area contributed by atoms with Gasteiger partial charge < -0.3 is 14.8 Å². The van der Waals surface area contributed by atoms with Gasteiger partial charge in [-0.3, -0.25) is 14.9 Å². The quantitative estimate of drug-likeness (QED) is 0.150. The second-order valence-electron chi connectivity index (χ2n) is 9.07. The molecule has 0 bridgehead atoms. The smallest absolute Gasteiger partial charge is 0.407 e. The Kier molecular flexibility index (Phi) is 12.2. The molecule has 0 radical (unpaired) electrons. The Morgan fingerprint density at radius 2 is 1.68 bits per heavy atom. The Bertz CT molecular complexity index is 1150. The molecule has 0 aromatic heterocycles. The van der Waals surface area contributed by atoms with Gasteiger partial charge in [-0.15, -0.1) is 0 Å². The Hall–Kier alpha value is -3.51. The van der Waals surface area contributed by atoms with Crippen LogP contribution in [-0.4, -0.2) is 56.0 Å². The molecule has 0 aliphatic rings. The van der Waals surface area contributed by atoms with E-state index in [9.17, 15) is 28.1 Å². The van der Waals surface area contributed by atoms with E-state index in [1.165, 1.54) is 7.11 Å². The molecule has 0 aliphatic carbocycles. The van der Waals surface area contributed by atoms with Crippen molar-refractivity contribution in [2.24, 2.45) is 5.92 Å². The van der Waals surface area contributed by atoms with Crippen molar-refractivity contribution in [3.8, 4) is 0 Å². The SMILES string of the molecule is COC(=O)C(CCCCNC(=O)OCc1ccccc1)N(CCC(C)C)S(=O)(=O)c1ccc([N+](=O)[O-])cc1. The first kappa shape index (κ1) is 30.7. The van der Waals surface area contributed by atoms with Gasteiger partial charge in [-0.1, -0.05) is 44.2 Å². The van der Waals surface area contributed by atoms with E-state index in [4.69, 9.17) is 9.47 Å². The van der Waals surface area contributed by atoms with Crippen LogP contribution in [-0.2, 0) is 30.9 Å². The number of nitro benzene ring substituents is 1. The first-order valence-electron chi connectivity index (χ1n) is 12.3. The summed E-state index contributed by atoms with van der Waals surface area (Å²) in [5.74, 6) is -0.538. The van der Waals surface area contributed by atoms with Crippen LogP contribution >= 0.6 is 0 Å². The van der Waals surface area contributed by atoms with Crippen molar-refractivity contribution in [1.29, 1.82) is 0 Å². The van der Waals surface area contributed by atoms with Crippen LogP contribution < -0.4 is 5.32 Å². The summed E-state index contributed by atoms with van der Waals surface area (Å²) in [5.41, 5.74) is 0.622. The summed E-state index contributed by atoms with van der Waals surface area (Å²) in [5, 5.41) is 13.6. The Morgan fingerprint density at radius 3 is 2.26 bits per heavy atom.